The monoisotopic (exact) mass is 150 g/mol. The third-order valence-electron chi connectivity index (χ3n) is 0.489. The fourth-order valence-corrected chi connectivity index (χ4v) is 0.623. The van der Waals surface area contributed by atoms with E-state index in [2.05, 4.69) is 0 Å². The molecule has 0 radical (unpaired) electrons. The number of hydrogen-bond donors (Lipinski definition) is 2. The molecule has 52 valence electrons. The zero-order chi connectivity index (χ0) is 7.44. The van der Waals surface area contributed by atoms with Crippen molar-refractivity contribution >= 4 is 22.8 Å². The van der Waals surface area contributed by atoms with E-state index in [1.54, 1.807) is 0 Å². The summed E-state index contributed by atoms with van der Waals surface area (Å²) in [6, 6.07) is 0. The van der Waals surface area contributed by atoms with Gasteiger partial charge in [0.1, 0.15) is 0 Å². The summed E-state index contributed by atoms with van der Waals surface area (Å²) in [5.41, 5.74) is -1.62. The summed E-state index contributed by atoms with van der Waals surface area (Å²) in [5, 5.41) is 16.0. The summed E-state index contributed by atoms with van der Waals surface area (Å²) in [6.07, 6.45) is 0. The lowest BCUT2D eigenvalue weighted by atomic mass is 10.7. The van der Waals surface area contributed by atoms with Crippen molar-refractivity contribution in [2.75, 3.05) is 0 Å². The van der Waals surface area contributed by atoms with Crippen LogP contribution >= 0.6 is 11.8 Å². The van der Waals surface area contributed by atoms with E-state index in [4.69, 9.17) is 10.2 Å². The second-order valence-electron chi connectivity index (χ2n) is 1.30. The SMILES string of the molecule is CC(=O)S[C@H](O)C(=O)O. The zero-order valence-corrected chi connectivity index (χ0v) is 5.51. The van der Waals surface area contributed by atoms with Crippen molar-refractivity contribution in [3.05, 3.63) is 0 Å². The van der Waals surface area contributed by atoms with E-state index < -0.39 is 16.5 Å². The van der Waals surface area contributed by atoms with E-state index in [0.29, 0.717) is 11.8 Å². The van der Waals surface area contributed by atoms with Gasteiger partial charge in [0.05, 0.1) is 0 Å². The molecule has 0 aromatic heterocycles. The van der Waals surface area contributed by atoms with Gasteiger partial charge in [-0.3, -0.25) is 4.79 Å². The lowest BCUT2D eigenvalue weighted by Gasteiger charge is -1.98. The summed E-state index contributed by atoms with van der Waals surface area (Å²) < 4.78 is 0. The highest BCUT2D eigenvalue weighted by Gasteiger charge is 2.15. The number of aliphatic carboxylic acids is 1. The van der Waals surface area contributed by atoms with Gasteiger partial charge in [-0.15, -0.1) is 0 Å². The molecular formula is C4H6O4S. The molecule has 0 rings (SSSR count). The van der Waals surface area contributed by atoms with E-state index in [1.165, 1.54) is 6.92 Å². The Labute approximate surface area is 55.9 Å². The van der Waals surface area contributed by atoms with E-state index >= 15 is 0 Å². The number of carboxylic acid groups (broad SMARTS) is 1. The third kappa shape index (κ3) is 3.99. The highest BCUT2D eigenvalue weighted by molar-refractivity contribution is 8.14. The van der Waals surface area contributed by atoms with Gasteiger partial charge in [0.15, 0.2) is 5.12 Å². The van der Waals surface area contributed by atoms with Gasteiger partial charge >= 0.3 is 5.97 Å². The number of aliphatic hydroxyl groups excluding tert-OH is 1. The Hall–Kier alpha value is -0.550. The number of carboxylic acids is 1. The molecule has 0 heterocycles. The fourth-order valence-electron chi connectivity index (χ4n) is 0.208. The first-order chi connectivity index (χ1) is 4.04. The Morgan fingerprint density at radius 1 is 1.56 bits per heavy atom. The van der Waals surface area contributed by atoms with E-state index in [0.717, 1.165) is 0 Å². The molecule has 0 saturated carbocycles. The standard InChI is InChI=1S/C4H6O4S/c1-2(5)9-4(8)3(6)7/h4,8H,1H3,(H,6,7)/t4-/m0/s1. The summed E-state index contributed by atoms with van der Waals surface area (Å²) >= 11 is 0.380. The molecule has 0 unspecified atom stereocenters. The Bertz CT molecular complexity index is 133. The van der Waals surface area contributed by atoms with E-state index in [-0.39, 0.29) is 0 Å². The molecule has 0 aromatic rings. The van der Waals surface area contributed by atoms with Crippen LogP contribution in [0.5, 0.6) is 0 Å². The number of carbonyl (C=O) groups excluding carboxylic acids is 1. The largest absolute Gasteiger partial charge is 0.479 e. The molecule has 0 amide bonds. The van der Waals surface area contributed by atoms with Crippen molar-refractivity contribution in [2.45, 2.75) is 12.4 Å². The summed E-state index contributed by atoms with van der Waals surface area (Å²) in [4.78, 5) is 19.9. The first-order valence-electron chi connectivity index (χ1n) is 2.12. The maximum absolute atomic E-state index is 10.1. The van der Waals surface area contributed by atoms with Crippen molar-refractivity contribution in [2.24, 2.45) is 0 Å². The maximum Gasteiger partial charge on any atom is 0.343 e. The molecule has 0 bridgehead atoms. The third-order valence-corrected chi connectivity index (χ3v) is 1.25. The Balaban J connectivity index is 3.63. The van der Waals surface area contributed by atoms with E-state index in [1.807, 2.05) is 0 Å². The summed E-state index contributed by atoms with van der Waals surface area (Å²) in [6.45, 7) is 1.19. The molecule has 5 heteroatoms. The van der Waals surface area contributed by atoms with Crippen molar-refractivity contribution in [1.29, 1.82) is 0 Å². The van der Waals surface area contributed by atoms with Gasteiger partial charge in [-0.25, -0.2) is 4.79 Å². The minimum atomic E-state index is -1.62. The number of thioether (sulfide) groups is 1. The molecule has 0 aliphatic rings. The molecular weight excluding hydrogens is 144 g/mol. The molecule has 0 aliphatic heterocycles. The van der Waals surface area contributed by atoms with Crippen LogP contribution in [0.2, 0.25) is 0 Å². The van der Waals surface area contributed by atoms with Crippen LogP contribution in [0, 0.1) is 0 Å². The van der Waals surface area contributed by atoms with Crippen LogP contribution in [0.1, 0.15) is 6.92 Å². The van der Waals surface area contributed by atoms with Gasteiger partial charge in [-0.1, -0.05) is 0 Å². The van der Waals surface area contributed by atoms with Crippen molar-refractivity contribution in [1.82, 2.24) is 0 Å². The van der Waals surface area contributed by atoms with E-state index in [9.17, 15) is 9.59 Å². The maximum atomic E-state index is 10.1. The Kier molecular flexibility index (Phi) is 3.26. The number of aliphatic hydroxyl groups is 1. The number of carbonyl (C=O) groups is 2. The summed E-state index contributed by atoms with van der Waals surface area (Å²) in [5.74, 6) is -1.39. The molecule has 0 aliphatic carbocycles. The van der Waals surface area contributed by atoms with Gasteiger partial charge in [0.2, 0.25) is 5.44 Å². The predicted octanol–water partition coefficient (Wildman–Crippen LogP) is -0.331. The fraction of sp³-hybridized carbons (Fsp3) is 0.500. The number of rotatable bonds is 2. The van der Waals surface area contributed by atoms with Gasteiger partial charge < -0.3 is 10.2 Å². The highest BCUT2D eigenvalue weighted by Crippen LogP contribution is 2.07. The van der Waals surface area contributed by atoms with Crippen LogP contribution < -0.4 is 0 Å². The first-order valence-corrected chi connectivity index (χ1v) is 3.00. The van der Waals surface area contributed by atoms with Crippen LogP contribution in [0.25, 0.3) is 0 Å². The Morgan fingerprint density at radius 3 is 2.11 bits per heavy atom. The molecule has 9 heavy (non-hydrogen) atoms. The second kappa shape index (κ2) is 3.47. The van der Waals surface area contributed by atoms with Gasteiger partial charge in [0.25, 0.3) is 0 Å². The normalized spacial score (nSPS) is 12.7. The van der Waals surface area contributed by atoms with Crippen molar-refractivity contribution in [3.8, 4) is 0 Å². The molecule has 0 saturated heterocycles. The first kappa shape index (κ1) is 8.45. The van der Waals surface area contributed by atoms with Crippen LogP contribution in [0.15, 0.2) is 0 Å². The van der Waals surface area contributed by atoms with Crippen molar-refractivity contribution in [3.63, 3.8) is 0 Å². The molecule has 0 fully saturated rings. The van der Waals surface area contributed by atoms with Gasteiger partial charge in [-0.05, 0) is 11.8 Å². The van der Waals surface area contributed by atoms with Crippen LogP contribution in [-0.2, 0) is 9.59 Å². The van der Waals surface area contributed by atoms with Gasteiger partial charge in [-0.2, -0.15) is 0 Å². The smallest absolute Gasteiger partial charge is 0.343 e. The lowest BCUT2D eigenvalue weighted by molar-refractivity contribution is -0.142. The predicted molar refractivity (Wildman–Crippen MR) is 31.9 cm³/mol. The molecule has 0 aromatic carbocycles. The number of hydrogen-bond acceptors (Lipinski definition) is 4. The summed E-state index contributed by atoms with van der Waals surface area (Å²) in [7, 11) is 0. The van der Waals surface area contributed by atoms with Crippen LogP contribution in [-0.4, -0.2) is 26.7 Å². The minimum Gasteiger partial charge on any atom is -0.479 e. The topological polar surface area (TPSA) is 74.6 Å². The van der Waals surface area contributed by atoms with Crippen LogP contribution in [0.4, 0.5) is 0 Å². The van der Waals surface area contributed by atoms with Crippen LogP contribution in [0.3, 0.4) is 0 Å². The average molecular weight is 150 g/mol. The molecule has 4 nitrogen and oxygen atoms in total. The minimum absolute atomic E-state index is 0.380. The average Bonchev–Trinajstić information content (AvgIpc) is 1.63. The second-order valence-corrected chi connectivity index (χ2v) is 2.56. The lowest BCUT2D eigenvalue weighted by Crippen LogP contribution is -2.16. The van der Waals surface area contributed by atoms with Gasteiger partial charge in [0, 0.05) is 6.92 Å². The van der Waals surface area contributed by atoms with Crippen molar-refractivity contribution < 1.29 is 19.8 Å². The zero-order valence-electron chi connectivity index (χ0n) is 4.70. The molecule has 1 atom stereocenters. The molecule has 0 spiro atoms. The Morgan fingerprint density at radius 2 is 2.00 bits per heavy atom. The quantitative estimate of drug-likeness (QED) is 0.527. The highest BCUT2D eigenvalue weighted by atomic mass is 32.2. The molecule has 2 N–H and O–H groups in total.